The number of halogens is 3. The van der Waals surface area contributed by atoms with Crippen molar-refractivity contribution in [3.8, 4) is 0 Å². The predicted octanol–water partition coefficient (Wildman–Crippen LogP) is 4.86. The number of oxazole rings is 1. The SMILES string of the molecule is O=C(O)C/C(=C/c1cccc(C(F)(F)F)c1)c1nc2ccccc2o1. The van der Waals surface area contributed by atoms with Gasteiger partial charge >= 0.3 is 12.1 Å². The van der Waals surface area contributed by atoms with E-state index in [-0.39, 0.29) is 17.0 Å². The Hall–Kier alpha value is -3.09. The predicted molar refractivity (Wildman–Crippen MR) is 85.6 cm³/mol. The van der Waals surface area contributed by atoms with E-state index in [2.05, 4.69) is 4.98 Å². The molecule has 4 nitrogen and oxygen atoms in total. The summed E-state index contributed by atoms with van der Waals surface area (Å²) in [5, 5.41) is 9.09. The largest absolute Gasteiger partial charge is 0.481 e. The third-order valence-corrected chi connectivity index (χ3v) is 3.47. The molecule has 0 bridgehead atoms. The van der Waals surface area contributed by atoms with Crippen LogP contribution in [0.25, 0.3) is 22.7 Å². The second-order valence-corrected chi connectivity index (χ2v) is 5.35. The van der Waals surface area contributed by atoms with Gasteiger partial charge in [-0.05, 0) is 35.9 Å². The summed E-state index contributed by atoms with van der Waals surface area (Å²) in [6.07, 6.45) is -3.56. The van der Waals surface area contributed by atoms with Crippen molar-refractivity contribution in [1.29, 1.82) is 0 Å². The van der Waals surface area contributed by atoms with Gasteiger partial charge in [-0.15, -0.1) is 0 Å². The van der Waals surface area contributed by atoms with E-state index < -0.39 is 24.1 Å². The first-order valence-electron chi connectivity index (χ1n) is 7.28. The van der Waals surface area contributed by atoms with E-state index in [0.717, 1.165) is 12.1 Å². The van der Waals surface area contributed by atoms with Crippen LogP contribution in [0, 0.1) is 0 Å². The van der Waals surface area contributed by atoms with Crippen LogP contribution in [0.3, 0.4) is 0 Å². The Morgan fingerprint density at radius 1 is 1.16 bits per heavy atom. The minimum Gasteiger partial charge on any atom is -0.481 e. The summed E-state index contributed by atoms with van der Waals surface area (Å²) in [7, 11) is 0. The van der Waals surface area contributed by atoms with E-state index in [4.69, 9.17) is 9.52 Å². The second kappa shape index (κ2) is 6.43. The fourth-order valence-corrected chi connectivity index (χ4v) is 2.37. The van der Waals surface area contributed by atoms with Gasteiger partial charge in [0, 0.05) is 5.57 Å². The molecule has 25 heavy (non-hydrogen) atoms. The van der Waals surface area contributed by atoms with Crippen molar-refractivity contribution in [2.75, 3.05) is 0 Å². The summed E-state index contributed by atoms with van der Waals surface area (Å²) in [6.45, 7) is 0. The molecule has 3 aromatic rings. The third-order valence-electron chi connectivity index (χ3n) is 3.47. The van der Waals surface area contributed by atoms with Gasteiger partial charge in [-0.25, -0.2) is 4.98 Å². The van der Waals surface area contributed by atoms with Gasteiger partial charge in [0.1, 0.15) is 5.52 Å². The van der Waals surface area contributed by atoms with Gasteiger partial charge in [-0.3, -0.25) is 4.79 Å². The summed E-state index contributed by atoms with van der Waals surface area (Å²) in [4.78, 5) is 15.3. The van der Waals surface area contributed by atoms with Crippen molar-refractivity contribution in [2.24, 2.45) is 0 Å². The van der Waals surface area contributed by atoms with Crippen molar-refractivity contribution in [3.05, 3.63) is 65.5 Å². The van der Waals surface area contributed by atoms with Crippen molar-refractivity contribution in [2.45, 2.75) is 12.6 Å². The number of para-hydroxylation sites is 2. The maximum Gasteiger partial charge on any atom is 0.416 e. The minimum atomic E-state index is -4.48. The number of rotatable bonds is 4. The molecule has 1 aromatic heterocycles. The van der Waals surface area contributed by atoms with E-state index in [1.54, 1.807) is 24.3 Å². The summed E-state index contributed by atoms with van der Waals surface area (Å²) in [6, 6.07) is 11.5. The van der Waals surface area contributed by atoms with E-state index in [1.165, 1.54) is 18.2 Å². The quantitative estimate of drug-likeness (QED) is 0.732. The van der Waals surface area contributed by atoms with E-state index >= 15 is 0 Å². The molecule has 0 radical (unpaired) electrons. The maximum absolute atomic E-state index is 12.8. The Balaban J connectivity index is 2.06. The molecule has 0 aliphatic rings. The molecular weight excluding hydrogens is 335 g/mol. The van der Waals surface area contributed by atoms with E-state index in [9.17, 15) is 18.0 Å². The van der Waals surface area contributed by atoms with Crippen LogP contribution in [0.5, 0.6) is 0 Å². The highest BCUT2D eigenvalue weighted by Crippen LogP contribution is 2.31. The molecule has 3 rings (SSSR count). The minimum absolute atomic E-state index is 0.0704. The summed E-state index contributed by atoms with van der Waals surface area (Å²) < 4.78 is 44.0. The molecular formula is C18H12F3NO3. The molecule has 0 aliphatic heterocycles. The summed E-state index contributed by atoms with van der Waals surface area (Å²) >= 11 is 0. The van der Waals surface area contributed by atoms with Gasteiger partial charge in [0.15, 0.2) is 5.58 Å². The van der Waals surface area contributed by atoms with E-state index in [1.807, 2.05) is 0 Å². The van der Waals surface area contributed by atoms with Crippen LogP contribution >= 0.6 is 0 Å². The Kier molecular flexibility index (Phi) is 4.31. The zero-order valence-electron chi connectivity index (χ0n) is 12.7. The highest BCUT2D eigenvalue weighted by molar-refractivity contribution is 5.91. The third kappa shape index (κ3) is 3.88. The van der Waals surface area contributed by atoms with Crippen LogP contribution in [0.4, 0.5) is 13.2 Å². The van der Waals surface area contributed by atoms with Gasteiger partial charge in [0.25, 0.3) is 0 Å². The number of nitrogens with zero attached hydrogens (tertiary/aromatic N) is 1. The number of carboxylic acids is 1. The zero-order chi connectivity index (χ0) is 18.0. The Morgan fingerprint density at radius 3 is 2.60 bits per heavy atom. The number of benzene rings is 2. The standard InChI is InChI=1S/C18H12F3NO3/c19-18(20,21)13-5-3-4-11(9-13)8-12(10-16(23)24)17-22-14-6-1-2-7-15(14)25-17/h1-9H,10H2,(H,23,24)/b12-8-. The van der Waals surface area contributed by atoms with Crippen LogP contribution in [0.15, 0.2) is 52.9 Å². The van der Waals surface area contributed by atoms with Crippen LogP contribution < -0.4 is 0 Å². The van der Waals surface area contributed by atoms with Crippen LogP contribution in [0.1, 0.15) is 23.4 Å². The first-order chi connectivity index (χ1) is 11.8. The molecule has 0 spiro atoms. The number of hydrogen-bond donors (Lipinski definition) is 1. The number of carboxylic acid groups (broad SMARTS) is 1. The lowest BCUT2D eigenvalue weighted by Crippen LogP contribution is -2.04. The lowest BCUT2D eigenvalue weighted by atomic mass is 10.1. The molecule has 0 fully saturated rings. The van der Waals surface area contributed by atoms with Crippen LogP contribution in [-0.2, 0) is 11.0 Å². The molecule has 2 aromatic carbocycles. The molecule has 7 heteroatoms. The summed E-state index contributed by atoms with van der Waals surface area (Å²) in [5.41, 5.74) is 0.598. The molecule has 0 amide bonds. The lowest BCUT2D eigenvalue weighted by molar-refractivity contribution is -0.138. The molecule has 1 N–H and O–H groups in total. The molecule has 0 saturated carbocycles. The van der Waals surface area contributed by atoms with Gasteiger partial charge < -0.3 is 9.52 Å². The van der Waals surface area contributed by atoms with Crippen LogP contribution in [-0.4, -0.2) is 16.1 Å². The number of aromatic nitrogens is 1. The van der Waals surface area contributed by atoms with Gasteiger partial charge in [0.2, 0.25) is 5.89 Å². The van der Waals surface area contributed by atoms with Gasteiger partial charge in [-0.2, -0.15) is 13.2 Å². The smallest absolute Gasteiger partial charge is 0.416 e. The fourth-order valence-electron chi connectivity index (χ4n) is 2.37. The molecule has 1 heterocycles. The average molecular weight is 347 g/mol. The first kappa shape index (κ1) is 16.8. The topological polar surface area (TPSA) is 63.3 Å². The van der Waals surface area contributed by atoms with Gasteiger partial charge in [0.05, 0.1) is 12.0 Å². The normalized spacial score (nSPS) is 12.5. The summed E-state index contributed by atoms with van der Waals surface area (Å²) in [5.74, 6) is -1.07. The Labute approximate surface area is 140 Å². The zero-order valence-corrected chi connectivity index (χ0v) is 12.7. The van der Waals surface area contributed by atoms with Crippen molar-refractivity contribution < 1.29 is 27.5 Å². The number of fused-ring (bicyclic) bond motifs is 1. The first-order valence-corrected chi connectivity index (χ1v) is 7.28. The van der Waals surface area contributed by atoms with Crippen molar-refractivity contribution in [1.82, 2.24) is 4.98 Å². The molecule has 0 atom stereocenters. The molecule has 0 aliphatic carbocycles. The van der Waals surface area contributed by atoms with E-state index in [0.29, 0.717) is 11.1 Å². The maximum atomic E-state index is 12.8. The second-order valence-electron chi connectivity index (χ2n) is 5.35. The number of alkyl halides is 3. The Morgan fingerprint density at radius 2 is 1.92 bits per heavy atom. The van der Waals surface area contributed by atoms with Crippen LogP contribution in [0.2, 0.25) is 0 Å². The molecule has 0 saturated heterocycles. The van der Waals surface area contributed by atoms with Crippen molar-refractivity contribution in [3.63, 3.8) is 0 Å². The number of hydrogen-bond acceptors (Lipinski definition) is 3. The molecule has 0 unspecified atom stereocenters. The monoisotopic (exact) mass is 347 g/mol. The fraction of sp³-hybridized carbons (Fsp3) is 0.111. The number of aliphatic carboxylic acids is 1. The van der Waals surface area contributed by atoms with Crippen molar-refractivity contribution >= 4 is 28.7 Å². The highest BCUT2D eigenvalue weighted by Gasteiger charge is 2.30. The average Bonchev–Trinajstić information content (AvgIpc) is 2.97. The van der Waals surface area contributed by atoms with Gasteiger partial charge in [-0.1, -0.05) is 24.3 Å². The Bertz CT molecular complexity index is 924. The lowest BCUT2D eigenvalue weighted by Gasteiger charge is -2.07. The molecule has 128 valence electrons. The highest BCUT2D eigenvalue weighted by atomic mass is 19.4. The number of carbonyl (C=O) groups is 1.